The summed E-state index contributed by atoms with van der Waals surface area (Å²) in [5.74, 6) is 0. The third-order valence-corrected chi connectivity index (χ3v) is 2.14. The van der Waals surface area contributed by atoms with Gasteiger partial charge in [-0.05, 0) is 0 Å². The molecule has 0 rings (SSSR count). The molecule has 4 nitrogen and oxygen atoms in total. The van der Waals surface area contributed by atoms with Crippen LogP contribution in [0.3, 0.4) is 0 Å². The average Bonchev–Trinajstić information content (AvgIpc) is 2.02. The highest BCUT2D eigenvalue weighted by Gasteiger charge is 2.08. The summed E-state index contributed by atoms with van der Waals surface area (Å²) in [6.45, 7) is 3.74. The monoisotopic (exact) mass is 205 g/mol. The molecule has 2 N–H and O–H groups in total. The molecule has 0 aliphatic carbocycles. The van der Waals surface area contributed by atoms with E-state index in [1.54, 1.807) is 0 Å². The zero-order chi connectivity index (χ0) is 11.0. The lowest BCUT2D eigenvalue weighted by Crippen LogP contribution is -2.38. The first-order chi connectivity index (χ1) is 6.49. The van der Waals surface area contributed by atoms with Crippen LogP contribution in [-0.2, 0) is 0 Å². The molecule has 0 radical (unpaired) electrons. The fourth-order valence-corrected chi connectivity index (χ4v) is 1.39. The van der Waals surface area contributed by atoms with Crippen molar-refractivity contribution in [2.24, 2.45) is 0 Å². The largest absolute Gasteiger partial charge is 0.395 e. The average molecular weight is 205 g/mol. The molecule has 0 atom stereocenters. The number of hydrogen-bond donors (Lipinski definition) is 2. The van der Waals surface area contributed by atoms with Crippen LogP contribution in [0.5, 0.6) is 0 Å². The summed E-state index contributed by atoms with van der Waals surface area (Å²) >= 11 is 0. The number of nitrogens with zero attached hydrogens (tertiary/aromatic N) is 2. The number of hydrogen-bond acceptors (Lipinski definition) is 3. The maximum atomic E-state index is 8.80. The Hall–Kier alpha value is -0.160. The summed E-state index contributed by atoms with van der Waals surface area (Å²) in [5.41, 5.74) is 0. The molecule has 0 saturated heterocycles. The van der Waals surface area contributed by atoms with E-state index in [0.29, 0.717) is 13.1 Å². The van der Waals surface area contributed by atoms with Gasteiger partial charge in [-0.15, -0.1) is 0 Å². The summed E-state index contributed by atoms with van der Waals surface area (Å²) in [6.07, 6.45) is 1.10. The van der Waals surface area contributed by atoms with Crippen molar-refractivity contribution in [3.05, 3.63) is 0 Å². The van der Waals surface area contributed by atoms with Crippen LogP contribution >= 0.6 is 0 Å². The second kappa shape index (κ2) is 7.17. The number of quaternary nitrogens is 1. The predicted molar refractivity (Wildman–Crippen MR) is 58.1 cm³/mol. The molecule has 0 fully saturated rings. The standard InChI is InChI=1S/C10H25N2O2/c1-12(2,3)8-4-5-11(6-9-13)7-10-14/h13-14H,4-10H2,1-3H3/q+1. The molecule has 0 aromatic rings. The van der Waals surface area contributed by atoms with Gasteiger partial charge in [-0.3, -0.25) is 4.90 Å². The Kier molecular flexibility index (Phi) is 7.09. The fraction of sp³-hybridized carbons (Fsp3) is 1.00. The van der Waals surface area contributed by atoms with Crippen molar-refractivity contribution >= 4 is 0 Å². The minimum absolute atomic E-state index is 0.171. The lowest BCUT2D eigenvalue weighted by molar-refractivity contribution is -0.870. The molecule has 0 aliphatic rings. The molecule has 0 bridgehead atoms. The lowest BCUT2D eigenvalue weighted by atomic mass is 10.3. The zero-order valence-corrected chi connectivity index (χ0v) is 9.74. The molecule has 0 saturated carbocycles. The van der Waals surface area contributed by atoms with Gasteiger partial charge in [-0.2, -0.15) is 0 Å². The van der Waals surface area contributed by atoms with Gasteiger partial charge in [0.25, 0.3) is 0 Å². The molecule has 0 aliphatic heterocycles. The minimum Gasteiger partial charge on any atom is -0.395 e. The fourth-order valence-electron chi connectivity index (χ4n) is 1.39. The van der Waals surface area contributed by atoms with Crippen molar-refractivity contribution in [2.75, 3.05) is 60.5 Å². The number of aliphatic hydroxyl groups is 2. The Morgan fingerprint density at radius 3 is 1.79 bits per heavy atom. The zero-order valence-electron chi connectivity index (χ0n) is 9.74. The van der Waals surface area contributed by atoms with Gasteiger partial charge in [0.05, 0.1) is 40.9 Å². The van der Waals surface area contributed by atoms with Crippen molar-refractivity contribution < 1.29 is 14.7 Å². The number of aliphatic hydroxyl groups excluding tert-OH is 2. The van der Waals surface area contributed by atoms with Crippen molar-refractivity contribution in [2.45, 2.75) is 6.42 Å². The Labute approximate surface area is 87.3 Å². The van der Waals surface area contributed by atoms with Gasteiger partial charge in [-0.25, -0.2) is 0 Å². The van der Waals surface area contributed by atoms with Crippen molar-refractivity contribution in [3.8, 4) is 0 Å². The Balaban J connectivity index is 3.60. The van der Waals surface area contributed by atoms with E-state index in [9.17, 15) is 0 Å². The Bertz CT molecular complexity index is 129. The van der Waals surface area contributed by atoms with Crippen molar-refractivity contribution in [1.29, 1.82) is 0 Å². The highest BCUT2D eigenvalue weighted by atomic mass is 16.3. The topological polar surface area (TPSA) is 43.7 Å². The van der Waals surface area contributed by atoms with Crippen LogP contribution in [0.2, 0.25) is 0 Å². The van der Waals surface area contributed by atoms with Gasteiger partial charge >= 0.3 is 0 Å². The molecule has 0 aromatic carbocycles. The summed E-state index contributed by atoms with van der Waals surface area (Å²) in [4.78, 5) is 2.09. The SMILES string of the molecule is C[N+](C)(C)CCCN(CCO)CCO. The summed E-state index contributed by atoms with van der Waals surface area (Å²) in [5, 5.41) is 17.6. The second-order valence-corrected chi connectivity index (χ2v) is 4.66. The van der Waals surface area contributed by atoms with Crippen LogP contribution < -0.4 is 0 Å². The van der Waals surface area contributed by atoms with Gasteiger partial charge in [0, 0.05) is 26.1 Å². The van der Waals surface area contributed by atoms with Crippen LogP contribution in [0.4, 0.5) is 0 Å². The maximum absolute atomic E-state index is 8.80. The molecule has 0 amide bonds. The van der Waals surface area contributed by atoms with Crippen LogP contribution in [-0.4, -0.2) is 80.1 Å². The van der Waals surface area contributed by atoms with E-state index in [1.807, 2.05) is 0 Å². The predicted octanol–water partition coefficient (Wildman–Crippen LogP) is -0.631. The molecule has 0 unspecified atom stereocenters. The first kappa shape index (κ1) is 13.8. The van der Waals surface area contributed by atoms with E-state index in [4.69, 9.17) is 10.2 Å². The third-order valence-electron chi connectivity index (χ3n) is 2.14. The van der Waals surface area contributed by atoms with Crippen molar-refractivity contribution in [3.63, 3.8) is 0 Å². The van der Waals surface area contributed by atoms with E-state index in [2.05, 4.69) is 26.0 Å². The minimum atomic E-state index is 0.171. The molecule has 0 aromatic heterocycles. The third kappa shape index (κ3) is 8.44. The van der Waals surface area contributed by atoms with Crippen molar-refractivity contribution in [1.82, 2.24) is 4.90 Å². The second-order valence-electron chi connectivity index (χ2n) is 4.66. The smallest absolute Gasteiger partial charge is 0.0792 e. The van der Waals surface area contributed by atoms with E-state index in [-0.39, 0.29) is 13.2 Å². The summed E-state index contributed by atoms with van der Waals surface area (Å²) in [6, 6.07) is 0. The van der Waals surface area contributed by atoms with Crippen LogP contribution in [0.1, 0.15) is 6.42 Å². The highest BCUT2D eigenvalue weighted by Crippen LogP contribution is 1.96. The van der Waals surface area contributed by atoms with Gasteiger partial charge in [0.15, 0.2) is 0 Å². The Morgan fingerprint density at radius 2 is 1.43 bits per heavy atom. The first-order valence-corrected chi connectivity index (χ1v) is 5.24. The van der Waals surface area contributed by atoms with Gasteiger partial charge in [0.1, 0.15) is 0 Å². The molecule has 4 heteroatoms. The lowest BCUT2D eigenvalue weighted by Gasteiger charge is -2.26. The molecular weight excluding hydrogens is 180 g/mol. The van der Waals surface area contributed by atoms with Gasteiger partial charge in [-0.1, -0.05) is 0 Å². The molecule has 14 heavy (non-hydrogen) atoms. The van der Waals surface area contributed by atoms with E-state index in [1.165, 1.54) is 0 Å². The highest BCUT2D eigenvalue weighted by molar-refractivity contribution is 4.55. The van der Waals surface area contributed by atoms with Crippen LogP contribution in [0, 0.1) is 0 Å². The van der Waals surface area contributed by atoms with Crippen LogP contribution in [0.15, 0.2) is 0 Å². The summed E-state index contributed by atoms with van der Waals surface area (Å²) < 4.78 is 0.964. The number of rotatable bonds is 8. The maximum Gasteiger partial charge on any atom is 0.0792 e. The molecule has 0 heterocycles. The molecule has 0 spiro atoms. The van der Waals surface area contributed by atoms with E-state index >= 15 is 0 Å². The first-order valence-electron chi connectivity index (χ1n) is 5.24. The van der Waals surface area contributed by atoms with Gasteiger partial charge in [0.2, 0.25) is 0 Å². The normalized spacial score (nSPS) is 12.4. The van der Waals surface area contributed by atoms with Crippen LogP contribution in [0.25, 0.3) is 0 Å². The molecular formula is C10H25N2O2+. The Morgan fingerprint density at radius 1 is 0.929 bits per heavy atom. The van der Waals surface area contributed by atoms with Gasteiger partial charge < -0.3 is 14.7 Å². The quantitative estimate of drug-likeness (QED) is 0.519. The van der Waals surface area contributed by atoms with E-state index in [0.717, 1.165) is 24.0 Å². The molecule has 86 valence electrons. The summed E-state index contributed by atoms with van der Waals surface area (Å²) in [7, 11) is 6.51. The van der Waals surface area contributed by atoms with E-state index < -0.39 is 0 Å².